The maximum atomic E-state index is 4.75. The van der Waals surface area contributed by atoms with Crippen LogP contribution in [-0.2, 0) is 0 Å². The van der Waals surface area contributed by atoms with Gasteiger partial charge in [-0.3, -0.25) is 0 Å². The van der Waals surface area contributed by atoms with Crippen molar-refractivity contribution in [1.82, 2.24) is 19.5 Å². The van der Waals surface area contributed by atoms with E-state index in [0.29, 0.717) is 12.0 Å². The Kier molecular flexibility index (Phi) is 2.92. The van der Waals surface area contributed by atoms with Crippen LogP contribution < -0.4 is 5.32 Å². The SMILES string of the molecule is CCNc1nc(C)n(C2CC2)c2nc(C(C)C)nc1-2. The Hall–Kier alpha value is -1.65. The molecule has 0 atom stereocenters. The molecule has 1 aliphatic carbocycles. The highest BCUT2D eigenvalue weighted by atomic mass is 15.2. The van der Waals surface area contributed by atoms with Gasteiger partial charge in [0.2, 0.25) is 0 Å². The molecule has 1 saturated carbocycles. The van der Waals surface area contributed by atoms with Crippen molar-refractivity contribution < 1.29 is 0 Å². The van der Waals surface area contributed by atoms with E-state index in [4.69, 9.17) is 4.98 Å². The van der Waals surface area contributed by atoms with E-state index in [2.05, 4.69) is 47.5 Å². The predicted molar refractivity (Wildman–Crippen MR) is 75.7 cm³/mol. The van der Waals surface area contributed by atoms with Crippen LogP contribution in [0, 0.1) is 6.92 Å². The van der Waals surface area contributed by atoms with Gasteiger partial charge in [-0.25, -0.2) is 15.0 Å². The zero-order valence-corrected chi connectivity index (χ0v) is 12.1. The van der Waals surface area contributed by atoms with Gasteiger partial charge in [-0.15, -0.1) is 0 Å². The lowest BCUT2D eigenvalue weighted by atomic mass is 10.2. The summed E-state index contributed by atoms with van der Waals surface area (Å²) in [6.07, 6.45) is 2.46. The second-order valence-corrected chi connectivity index (χ2v) is 5.55. The van der Waals surface area contributed by atoms with Gasteiger partial charge in [0.1, 0.15) is 11.6 Å². The summed E-state index contributed by atoms with van der Waals surface area (Å²) < 4.78 is 2.26. The first-order valence-electron chi connectivity index (χ1n) is 7.12. The Morgan fingerprint density at radius 3 is 2.58 bits per heavy atom. The summed E-state index contributed by atoms with van der Waals surface area (Å²) in [5.41, 5.74) is 0.919. The van der Waals surface area contributed by atoms with Gasteiger partial charge in [0.25, 0.3) is 0 Å². The molecule has 0 radical (unpaired) electrons. The Labute approximate surface area is 113 Å². The molecule has 5 heteroatoms. The minimum atomic E-state index is 0.342. The number of hydrogen-bond acceptors (Lipinski definition) is 4. The van der Waals surface area contributed by atoms with E-state index in [-0.39, 0.29) is 0 Å². The molecule has 1 fully saturated rings. The quantitative estimate of drug-likeness (QED) is 0.917. The Morgan fingerprint density at radius 2 is 2.00 bits per heavy atom. The Morgan fingerprint density at radius 1 is 1.26 bits per heavy atom. The molecule has 1 N–H and O–H groups in total. The summed E-state index contributed by atoms with van der Waals surface area (Å²) in [7, 11) is 0. The van der Waals surface area contributed by atoms with Crippen LogP contribution >= 0.6 is 0 Å². The number of aryl methyl sites for hydroxylation is 1. The van der Waals surface area contributed by atoms with Crippen molar-refractivity contribution in [1.29, 1.82) is 0 Å². The third-order valence-electron chi connectivity index (χ3n) is 3.51. The van der Waals surface area contributed by atoms with E-state index in [9.17, 15) is 0 Å². The minimum absolute atomic E-state index is 0.342. The summed E-state index contributed by atoms with van der Waals surface area (Å²) in [6.45, 7) is 9.23. The van der Waals surface area contributed by atoms with Crippen LogP contribution in [-0.4, -0.2) is 26.1 Å². The minimum Gasteiger partial charge on any atom is -0.368 e. The van der Waals surface area contributed by atoms with Gasteiger partial charge >= 0.3 is 0 Å². The molecule has 5 nitrogen and oxygen atoms in total. The van der Waals surface area contributed by atoms with Gasteiger partial charge in [0.05, 0.1) is 0 Å². The zero-order valence-electron chi connectivity index (χ0n) is 12.1. The maximum Gasteiger partial charge on any atom is 0.166 e. The molecule has 0 aromatic rings. The van der Waals surface area contributed by atoms with Crippen LogP contribution in [0.3, 0.4) is 0 Å². The van der Waals surface area contributed by atoms with Crippen LogP contribution in [0.4, 0.5) is 5.82 Å². The monoisotopic (exact) mass is 259 g/mol. The van der Waals surface area contributed by atoms with E-state index in [1.165, 1.54) is 12.8 Å². The zero-order chi connectivity index (χ0) is 13.6. The van der Waals surface area contributed by atoms with Gasteiger partial charge in [-0.1, -0.05) is 13.8 Å². The predicted octanol–water partition coefficient (Wildman–Crippen LogP) is 2.98. The molecule has 0 aromatic carbocycles. The summed E-state index contributed by atoms with van der Waals surface area (Å²) in [5.74, 6) is 4.15. The molecule has 0 aromatic heterocycles. The molecule has 2 aliphatic heterocycles. The van der Waals surface area contributed by atoms with Gasteiger partial charge in [-0.05, 0) is 26.7 Å². The van der Waals surface area contributed by atoms with Crippen molar-refractivity contribution in [2.45, 2.75) is 52.5 Å². The lowest BCUT2D eigenvalue weighted by molar-refractivity contribution is 0.678. The fraction of sp³-hybridized carbons (Fsp3) is 0.643. The molecule has 3 rings (SSSR count). The van der Waals surface area contributed by atoms with E-state index in [1.54, 1.807) is 0 Å². The molecular weight excluding hydrogens is 238 g/mol. The second kappa shape index (κ2) is 4.47. The number of anilines is 1. The first-order chi connectivity index (χ1) is 9.11. The van der Waals surface area contributed by atoms with Crippen LogP contribution in [0.1, 0.15) is 57.2 Å². The molecule has 0 saturated heterocycles. The average Bonchev–Trinajstić information content (AvgIpc) is 3.06. The largest absolute Gasteiger partial charge is 0.368 e. The van der Waals surface area contributed by atoms with Crippen LogP contribution in [0.2, 0.25) is 0 Å². The second-order valence-electron chi connectivity index (χ2n) is 5.55. The van der Waals surface area contributed by atoms with Crippen molar-refractivity contribution in [3.05, 3.63) is 11.6 Å². The van der Waals surface area contributed by atoms with Crippen molar-refractivity contribution in [3.8, 4) is 11.5 Å². The molecule has 102 valence electrons. The van der Waals surface area contributed by atoms with E-state index in [0.717, 1.165) is 35.5 Å². The van der Waals surface area contributed by atoms with E-state index < -0.39 is 0 Å². The summed E-state index contributed by atoms with van der Waals surface area (Å²) in [5, 5.41) is 3.30. The van der Waals surface area contributed by atoms with Gasteiger partial charge in [-0.2, -0.15) is 0 Å². The number of aromatic nitrogens is 4. The third kappa shape index (κ3) is 2.07. The lowest BCUT2D eigenvalue weighted by Gasteiger charge is -2.16. The Balaban J connectivity index is 2.20. The molecule has 0 bridgehead atoms. The smallest absolute Gasteiger partial charge is 0.166 e. The average molecular weight is 259 g/mol. The van der Waals surface area contributed by atoms with Gasteiger partial charge in [0.15, 0.2) is 17.3 Å². The first-order valence-corrected chi connectivity index (χ1v) is 7.12. The molecule has 0 amide bonds. The lowest BCUT2D eigenvalue weighted by Crippen LogP contribution is -2.12. The molecule has 0 unspecified atom stereocenters. The standard InChI is InChI=1S/C14H21N5/c1-5-15-13-11-14(18-12(17-11)8(2)3)19(9(4)16-13)10-6-7-10/h8,10,15H,5-7H2,1-4H3. The number of nitrogens with zero attached hydrogens (tertiary/aromatic N) is 4. The van der Waals surface area contributed by atoms with Crippen molar-refractivity contribution >= 4 is 5.82 Å². The highest BCUT2D eigenvalue weighted by Gasteiger charge is 2.31. The summed E-state index contributed by atoms with van der Waals surface area (Å²) >= 11 is 0. The number of fused-ring (bicyclic) bond motifs is 1. The first kappa shape index (κ1) is 12.4. The van der Waals surface area contributed by atoms with E-state index >= 15 is 0 Å². The summed E-state index contributed by atoms with van der Waals surface area (Å²) in [6, 6.07) is 0.572. The summed E-state index contributed by atoms with van der Waals surface area (Å²) in [4.78, 5) is 14.1. The molecule has 0 spiro atoms. The van der Waals surface area contributed by atoms with Gasteiger partial charge < -0.3 is 9.88 Å². The number of imidazole rings is 1. The molecular formula is C14H21N5. The highest BCUT2D eigenvalue weighted by molar-refractivity contribution is 5.68. The van der Waals surface area contributed by atoms with Crippen LogP contribution in [0.15, 0.2) is 0 Å². The number of hydrogen-bond donors (Lipinski definition) is 1. The van der Waals surface area contributed by atoms with Crippen molar-refractivity contribution in [3.63, 3.8) is 0 Å². The molecule has 3 aliphatic rings. The number of nitrogens with one attached hydrogen (secondary N) is 1. The van der Waals surface area contributed by atoms with Gasteiger partial charge in [0, 0.05) is 18.5 Å². The topological polar surface area (TPSA) is 55.6 Å². The normalized spacial score (nSPS) is 15.4. The fourth-order valence-corrected chi connectivity index (χ4v) is 2.42. The van der Waals surface area contributed by atoms with Crippen LogP contribution in [0.5, 0.6) is 0 Å². The third-order valence-corrected chi connectivity index (χ3v) is 3.51. The maximum absolute atomic E-state index is 4.75. The van der Waals surface area contributed by atoms with Crippen molar-refractivity contribution in [2.75, 3.05) is 11.9 Å². The van der Waals surface area contributed by atoms with Crippen LogP contribution in [0.25, 0.3) is 11.5 Å². The number of rotatable bonds is 4. The Bertz CT molecular complexity index is 568. The molecule has 19 heavy (non-hydrogen) atoms. The van der Waals surface area contributed by atoms with Crippen molar-refractivity contribution in [2.24, 2.45) is 0 Å². The fourth-order valence-electron chi connectivity index (χ4n) is 2.42. The van der Waals surface area contributed by atoms with E-state index in [1.807, 2.05) is 0 Å². The highest BCUT2D eigenvalue weighted by Crippen LogP contribution is 2.41. The molecule has 2 heterocycles.